The molecule has 2 heterocycles. The highest BCUT2D eigenvalue weighted by Gasteiger charge is 2.35. The Labute approximate surface area is 177 Å². The minimum atomic E-state index is -4.62. The van der Waals surface area contributed by atoms with E-state index in [0.717, 1.165) is 6.07 Å². The van der Waals surface area contributed by atoms with Crippen LogP contribution in [0.1, 0.15) is 26.3 Å². The van der Waals surface area contributed by atoms with Crippen molar-refractivity contribution in [3.05, 3.63) is 42.1 Å². The van der Waals surface area contributed by atoms with E-state index in [1.54, 1.807) is 51.0 Å². The second-order valence-electron chi connectivity index (χ2n) is 8.23. The molecule has 1 aromatic carbocycles. The van der Waals surface area contributed by atoms with Crippen molar-refractivity contribution in [2.45, 2.75) is 26.9 Å². The number of benzene rings is 1. The number of imidazole rings is 1. The van der Waals surface area contributed by atoms with E-state index in [2.05, 4.69) is 15.4 Å². The third-order valence-electron chi connectivity index (χ3n) is 4.68. The molecule has 7 nitrogen and oxygen atoms in total. The maximum atomic E-state index is 13.5. The van der Waals surface area contributed by atoms with Crippen LogP contribution in [0, 0.1) is 5.41 Å². The van der Waals surface area contributed by atoms with Gasteiger partial charge in [0.2, 0.25) is 5.91 Å². The van der Waals surface area contributed by atoms with Crippen LogP contribution in [-0.2, 0) is 11.0 Å². The maximum absolute atomic E-state index is 13.5. The number of hydrogen-bond acceptors (Lipinski definition) is 5. The fraction of sp³-hybridized carbons (Fsp3) is 0.381. The molecule has 0 saturated heterocycles. The minimum Gasteiger partial charge on any atom is -0.395 e. The molecular weight excluding hydrogens is 411 g/mol. The lowest BCUT2D eigenvalue weighted by molar-refractivity contribution is -0.137. The van der Waals surface area contributed by atoms with E-state index in [4.69, 9.17) is 5.11 Å². The number of alkyl halides is 3. The van der Waals surface area contributed by atoms with Crippen LogP contribution in [0.3, 0.4) is 0 Å². The molecule has 3 rings (SSSR count). The fourth-order valence-corrected chi connectivity index (χ4v) is 2.84. The average Bonchev–Trinajstić information content (AvgIpc) is 3.09. The summed E-state index contributed by atoms with van der Waals surface area (Å²) in [5, 5.41) is 15.9. The van der Waals surface area contributed by atoms with Crippen LogP contribution in [-0.4, -0.2) is 45.8 Å². The van der Waals surface area contributed by atoms with Gasteiger partial charge >= 0.3 is 6.18 Å². The predicted molar refractivity (Wildman–Crippen MR) is 112 cm³/mol. The molecule has 0 radical (unpaired) electrons. The van der Waals surface area contributed by atoms with Crippen molar-refractivity contribution in [3.8, 4) is 11.3 Å². The number of anilines is 2. The number of rotatable bonds is 5. The summed E-state index contributed by atoms with van der Waals surface area (Å²) in [6, 6.07) is 6.99. The van der Waals surface area contributed by atoms with Crippen LogP contribution in [0.5, 0.6) is 0 Å². The van der Waals surface area contributed by atoms with E-state index in [1.165, 1.54) is 16.6 Å². The molecule has 0 aliphatic rings. The highest BCUT2D eigenvalue weighted by atomic mass is 19.4. The van der Waals surface area contributed by atoms with Crippen LogP contribution in [0.4, 0.5) is 24.7 Å². The number of carbonyl (C=O) groups excluding carboxylic acids is 1. The first kappa shape index (κ1) is 22.5. The van der Waals surface area contributed by atoms with Crippen LogP contribution in [0.25, 0.3) is 16.9 Å². The Balaban J connectivity index is 2.03. The van der Waals surface area contributed by atoms with Crippen molar-refractivity contribution in [3.63, 3.8) is 0 Å². The van der Waals surface area contributed by atoms with Crippen molar-refractivity contribution < 1.29 is 23.1 Å². The molecule has 0 atom stereocenters. The van der Waals surface area contributed by atoms with Gasteiger partial charge in [0.1, 0.15) is 5.82 Å². The van der Waals surface area contributed by atoms with E-state index in [-0.39, 0.29) is 12.3 Å². The number of amides is 1. The molecule has 3 aromatic rings. The van der Waals surface area contributed by atoms with Crippen molar-refractivity contribution in [1.29, 1.82) is 0 Å². The smallest absolute Gasteiger partial charge is 0.395 e. The van der Waals surface area contributed by atoms with E-state index in [1.807, 2.05) is 0 Å². The average molecular weight is 435 g/mol. The second-order valence-corrected chi connectivity index (χ2v) is 8.23. The Bertz CT molecular complexity index is 1100. The zero-order chi connectivity index (χ0) is 23.0. The minimum absolute atomic E-state index is 0.0278. The van der Waals surface area contributed by atoms with E-state index >= 15 is 0 Å². The highest BCUT2D eigenvalue weighted by Crippen LogP contribution is 2.37. The number of hydrogen-bond donors (Lipinski definition) is 2. The molecule has 1 amide bonds. The monoisotopic (exact) mass is 435 g/mol. The number of nitrogens with one attached hydrogen (secondary N) is 1. The SMILES string of the molecule is CN(CCO)c1ccc2nc(-c3ccc(C(F)(F)F)c(NC(=O)C(C)(C)C)c3)cn2n1. The zero-order valence-corrected chi connectivity index (χ0v) is 17.7. The van der Waals surface area contributed by atoms with Gasteiger partial charge in [-0.15, -0.1) is 5.10 Å². The number of carbonyl (C=O) groups is 1. The number of aliphatic hydroxyl groups excluding tert-OH is 1. The summed E-state index contributed by atoms with van der Waals surface area (Å²) in [4.78, 5) is 18.5. The Hall–Kier alpha value is -3.14. The van der Waals surface area contributed by atoms with Gasteiger partial charge in [-0.2, -0.15) is 13.2 Å². The largest absolute Gasteiger partial charge is 0.418 e. The van der Waals surface area contributed by atoms with Crippen LogP contribution < -0.4 is 10.2 Å². The molecule has 166 valence electrons. The lowest BCUT2D eigenvalue weighted by Gasteiger charge is -2.20. The molecule has 0 aliphatic carbocycles. The van der Waals surface area contributed by atoms with E-state index in [9.17, 15) is 18.0 Å². The van der Waals surface area contributed by atoms with Gasteiger partial charge in [-0.05, 0) is 24.3 Å². The fourth-order valence-electron chi connectivity index (χ4n) is 2.84. The third kappa shape index (κ3) is 4.96. The summed E-state index contributed by atoms with van der Waals surface area (Å²) in [5.74, 6) is 0.0828. The van der Waals surface area contributed by atoms with Gasteiger partial charge in [-0.1, -0.05) is 26.8 Å². The lowest BCUT2D eigenvalue weighted by atomic mass is 9.95. The van der Waals surface area contributed by atoms with Crippen molar-refractivity contribution in [1.82, 2.24) is 14.6 Å². The zero-order valence-electron chi connectivity index (χ0n) is 17.7. The number of likely N-dealkylation sites (N-methyl/N-ethyl adjacent to an activating group) is 1. The summed E-state index contributed by atoms with van der Waals surface area (Å²) >= 11 is 0. The van der Waals surface area contributed by atoms with Gasteiger partial charge in [-0.25, -0.2) is 9.50 Å². The van der Waals surface area contributed by atoms with E-state index in [0.29, 0.717) is 29.3 Å². The highest BCUT2D eigenvalue weighted by molar-refractivity contribution is 5.96. The summed E-state index contributed by atoms with van der Waals surface area (Å²) in [7, 11) is 1.78. The summed E-state index contributed by atoms with van der Waals surface area (Å²) in [6.07, 6.45) is -3.02. The lowest BCUT2D eigenvalue weighted by Crippen LogP contribution is -2.28. The van der Waals surface area contributed by atoms with Gasteiger partial charge in [0.05, 0.1) is 29.7 Å². The van der Waals surface area contributed by atoms with Gasteiger partial charge in [-0.3, -0.25) is 4.79 Å². The summed E-state index contributed by atoms with van der Waals surface area (Å²) in [6.45, 7) is 5.24. The first-order chi connectivity index (χ1) is 14.4. The molecule has 10 heteroatoms. The quantitative estimate of drug-likeness (QED) is 0.637. The van der Waals surface area contributed by atoms with Crippen molar-refractivity contribution in [2.24, 2.45) is 5.41 Å². The third-order valence-corrected chi connectivity index (χ3v) is 4.68. The molecule has 0 fully saturated rings. The Morgan fingerprint density at radius 3 is 2.52 bits per heavy atom. The normalized spacial score (nSPS) is 12.3. The number of nitrogens with zero attached hydrogens (tertiary/aromatic N) is 4. The Morgan fingerprint density at radius 2 is 1.90 bits per heavy atom. The molecule has 31 heavy (non-hydrogen) atoms. The number of fused-ring (bicyclic) bond motifs is 1. The molecule has 0 aliphatic heterocycles. The summed E-state index contributed by atoms with van der Waals surface area (Å²) in [5.41, 5.74) is -0.774. The molecule has 0 saturated carbocycles. The molecular formula is C21H24F3N5O2. The number of aromatic nitrogens is 3. The first-order valence-corrected chi connectivity index (χ1v) is 9.61. The van der Waals surface area contributed by atoms with Gasteiger partial charge in [0.25, 0.3) is 0 Å². The predicted octanol–water partition coefficient (Wildman–Crippen LogP) is 3.83. The van der Waals surface area contributed by atoms with E-state index < -0.39 is 23.1 Å². The Kier molecular flexibility index (Phi) is 5.95. The van der Waals surface area contributed by atoms with Crippen LogP contribution in [0.15, 0.2) is 36.5 Å². The van der Waals surface area contributed by atoms with Crippen molar-refractivity contribution in [2.75, 3.05) is 30.4 Å². The van der Waals surface area contributed by atoms with Crippen molar-refractivity contribution >= 4 is 23.1 Å². The standard InChI is InChI=1S/C21H24F3N5O2/c1-20(2,3)19(31)26-15-11-13(5-6-14(15)21(22,23)24)16-12-29-17(25-16)7-8-18(27-29)28(4)9-10-30/h5-8,11-12,30H,9-10H2,1-4H3,(H,26,31). The molecule has 2 aromatic heterocycles. The van der Waals surface area contributed by atoms with Crippen LogP contribution in [0.2, 0.25) is 0 Å². The van der Waals surface area contributed by atoms with Gasteiger partial charge < -0.3 is 15.3 Å². The molecule has 0 bridgehead atoms. The number of aliphatic hydroxyl groups is 1. The summed E-state index contributed by atoms with van der Waals surface area (Å²) < 4.78 is 41.9. The first-order valence-electron chi connectivity index (χ1n) is 9.61. The van der Waals surface area contributed by atoms with Gasteiger partial charge in [0.15, 0.2) is 5.65 Å². The number of halogens is 3. The molecule has 0 spiro atoms. The maximum Gasteiger partial charge on any atom is 0.418 e. The molecule has 0 unspecified atom stereocenters. The second kappa shape index (κ2) is 8.18. The Morgan fingerprint density at radius 1 is 1.19 bits per heavy atom. The van der Waals surface area contributed by atoms with Crippen LogP contribution >= 0.6 is 0 Å². The van der Waals surface area contributed by atoms with Gasteiger partial charge in [0, 0.05) is 24.6 Å². The topological polar surface area (TPSA) is 82.8 Å². The molecule has 2 N–H and O–H groups in total.